The maximum absolute atomic E-state index is 4.41. The zero-order valence-electron chi connectivity index (χ0n) is 11.9. The molecule has 19 heavy (non-hydrogen) atoms. The van der Waals surface area contributed by atoms with Gasteiger partial charge in [-0.05, 0) is 68.0 Å². The first-order valence-corrected chi connectivity index (χ1v) is 7.48. The van der Waals surface area contributed by atoms with Crippen LogP contribution in [-0.2, 0) is 12.1 Å². The van der Waals surface area contributed by atoms with Gasteiger partial charge in [0.2, 0.25) is 0 Å². The fourth-order valence-corrected chi connectivity index (χ4v) is 2.24. The molecule has 0 saturated carbocycles. The molecule has 1 N–H and O–H groups in total. The molecule has 1 heterocycles. The quantitative estimate of drug-likeness (QED) is 0.824. The summed E-state index contributed by atoms with van der Waals surface area (Å²) in [5.41, 5.74) is 3.70. The molecule has 0 atom stereocenters. The predicted molar refractivity (Wildman–Crippen MR) is 88.4 cm³/mol. The second-order valence-electron chi connectivity index (χ2n) is 5.78. The highest BCUT2D eigenvalue weighted by atomic mass is 127. The summed E-state index contributed by atoms with van der Waals surface area (Å²) in [4.78, 5) is 0. The molecule has 0 bridgehead atoms. The standard InChI is InChI=1S/C15H20IN3/c1-11-5-6-13(7-14(11)16)17-8-12-9-18-19(10-12)15(2,3)4/h5-7,9-10,17H,8H2,1-4H3. The molecule has 0 radical (unpaired) electrons. The monoisotopic (exact) mass is 369 g/mol. The van der Waals surface area contributed by atoms with Gasteiger partial charge in [-0.15, -0.1) is 0 Å². The molecule has 0 amide bonds. The van der Waals surface area contributed by atoms with E-state index in [1.807, 2.05) is 10.9 Å². The Morgan fingerprint density at radius 2 is 2.05 bits per heavy atom. The van der Waals surface area contributed by atoms with Crippen LogP contribution in [0.5, 0.6) is 0 Å². The van der Waals surface area contributed by atoms with Crippen LogP contribution >= 0.6 is 22.6 Å². The Balaban J connectivity index is 2.02. The van der Waals surface area contributed by atoms with Crippen LogP contribution in [0, 0.1) is 10.5 Å². The van der Waals surface area contributed by atoms with Crippen LogP contribution in [0.4, 0.5) is 5.69 Å². The van der Waals surface area contributed by atoms with Crippen molar-refractivity contribution < 1.29 is 0 Å². The number of aryl methyl sites for hydroxylation is 1. The van der Waals surface area contributed by atoms with E-state index in [0.717, 1.165) is 12.2 Å². The van der Waals surface area contributed by atoms with Gasteiger partial charge in [-0.2, -0.15) is 5.10 Å². The minimum atomic E-state index is 0.0392. The van der Waals surface area contributed by atoms with Crippen molar-refractivity contribution in [1.82, 2.24) is 9.78 Å². The Morgan fingerprint density at radius 1 is 1.32 bits per heavy atom. The molecule has 0 aliphatic heterocycles. The highest BCUT2D eigenvalue weighted by Crippen LogP contribution is 2.18. The molecule has 102 valence electrons. The molecule has 4 heteroatoms. The number of benzene rings is 1. The second kappa shape index (κ2) is 5.53. The molecule has 1 aromatic carbocycles. The molecule has 2 aromatic rings. The molecule has 0 fully saturated rings. The fraction of sp³-hybridized carbons (Fsp3) is 0.400. The van der Waals surface area contributed by atoms with E-state index in [2.05, 4.69) is 85.1 Å². The number of nitrogens with one attached hydrogen (secondary N) is 1. The molecule has 1 aromatic heterocycles. The SMILES string of the molecule is Cc1ccc(NCc2cnn(C(C)(C)C)c2)cc1I. The second-order valence-corrected chi connectivity index (χ2v) is 6.94. The maximum Gasteiger partial charge on any atom is 0.0543 e. The molecule has 0 aliphatic rings. The molecule has 0 spiro atoms. The zero-order chi connectivity index (χ0) is 14.0. The zero-order valence-corrected chi connectivity index (χ0v) is 14.0. The third kappa shape index (κ3) is 3.72. The van der Waals surface area contributed by atoms with E-state index < -0.39 is 0 Å². The largest absolute Gasteiger partial charge is 0.381 e. The molecule has 3 nitrogen and oxygen atoms in total. The van der Waals surface area contributed by atoms with Crippen molar-refractivity contribution in [2.24, 2.45) is 0 Å². The van der Waals surface area contributed by atoms with Crippen LogP contribution in [-0.4, -0.2) is 9.78 Å². The highest BCUT2D eigenvalue weighted by Gasteiger charge is 2.13. The summed E-state index contributed by atoms with van der Waals surface area (Å²) in [7, 11) is 0. The molecular weight excluding hydrogens is 349 g/mol. The van der Waals surface area contributed by atoms with Gasteiger partial charge < -0.3 is 5.32 Å². The normalized spacial score (nSPS) is 11.6. The van der Waals surface area contributed by atoms with Gasteiger partial charge in [0.1, 0.15) is 0 Å². The van der Waals surface area contributed by atoms with Crippen molar-refractivity contribution in [1.29, 1.82) is 0 Å². The van der Waals surface area contributed by atoms with E-state index in [9.17, 15) is 0 Å². The van der Waals surface area contributed by atoms with Crippen LogP contribution in [0.1, 0.15) is 31.9 Å². The first-order chi connectivity index (χ1) is 8.86. The molecule has 0 unspecified atom stereocenters. The van der Waals surface area contributed by atoms with Crippen molar-refractivity contribution in [3.05, 3.63) is 45.3 Å². The van der Waals surface area contributed by atoms with Gasteiger partial charge in [0.05, 0.1) is 11.7 Å². The smallest absolute Gasteiger partial charge is 0.0543 e. The molecule has 2 rings (SSSR count). The van der Waals surface area contributed by atoms with Gasteiger partial charge in [0, 0.05) is 27.6 Å². The lowest BCUT2D eigenvalue weighted by molar-refractivity contribution is 0.355. The number of aromatic nitrogens is 2. The van der Waals surface area contributed by atoms with Crippen molar-refractivity contribution in [3.8, 4) is 0 Å². The summed E-state index contributed by atoms with van der Waals surface area (Å²) in [6.07, 6.45) is 4.03. The summed E-state index contributed by atoms with van der Waals surface area (Å²) >= 11 is 2.36. The third-order valence-electron chi connectivity index (χ3n) is 2.99. The van der Waals surface area contributed by atoms with Crippen LogP contribution in [0.3, 0.4) is 0 Å². The summed E-state index contributed by atoms with van der Waals surface area (Å²) in [6, 6.07) is 6.43. The van der Waals surface area contributed by atoms with Crippen molar-refractivity contribution in [2.75, 3.05) is 5.32 Å². The topological polar surface area (TPSA) is 29.9 Å². The van der Waals surface area contributed by atoms with Crippen LogP contribution < -0.4 is 5.32 Å². The number of hydrogen-bond donors (Lipinski definition) is 1. The van der Waals surface area contributed by atoms with E-state index in [1.165, 1.54) is 14.7 Å². The molecule has 0 saturated heterocycles. The van der Waals surface area contributed by atoms with Gasteiger partial charge in [-0.1, -0.05) is 6.07 Å². The van der Waals surface area contributed by atoms with Gasteiger partial charge in [0.15, 0.2) is 0 Å². The Kier molecular flexibility index (Phi) is 4.18. The summed E-state index contributed by atoms with van der Waals surface area (Å²) < 4.78 is 3.29. The number of rotatable bonds is 3. The lowest BCUT2D eigenvalue weighted by Crippen LogP contribution is -2.21. The Labute approximate surface area is 128 Å². The number of nitrogens with zero attached hydrogens (tertiary/aromatic N) is 2. The highest BCUT2D eigenvalue weighted by molar-refractivity contribution is 14.1. The first kappa shape index (κ1) is 14.4. The summed E-state index contributed by atoms with van der Waals surface area (Å²) in [5.74, 6) is 0. The van der Waals surface area contributed by atoms with Crippen molar-refractivity contribution >= 4 is 28.3 Å². The van der Waals surface area contributed by atoms with Crippen molar-refractivity contribution in [2.45, 2.75) is 39.8 Å². The lowest BCUT2D eigenvalue weighted by atomic mass is 10.1. The van der Waals surface area contributed by atoms with E-state index >= 15 is 0 Å². The van der Waals surface area contributed by atoms with Gasteiger partial charge in [-0.3, -0.25) is 4.68 Å². The van der Waals surface area contributed by atoms with E-state index in [4.69, 9.17) is 0 Å². The average molecular weight is 369 g/mol. The minimum Gasteiger partial charge on any atom is -0.381 e. The van der Waals surface area contributed by atoms with Gasteiger partial charge in [0.25, 0.3) is 0 Å². The number of halogens is 1. The maximum atomic E-state index is 4.41. The molecule has 0 aliphatic carbocycles. The van der Waals surface area contributed by atoms with Crippen LogP contribution in [0.2, 0.25) is 0 Å². The Bertz CT molecular complexity index is 567. The van der Waals surface area contributed by atoms with Crippen LogP contribution in [0.25, 0.3) is 0 Å². The number of hydrogen-bond acceptors (Lipinski definition) is 2. The van der Waals surface area contributed by atoms with E-state index in [-0.39, 0.29) is 5.54 Å². The predicted octanol–water partition coefficient (Wildman–Crippen LogP) is 4.16. The third-order valence-corrected chi connectivity index (χ3v) is 4.15. The Hall–Kier alpha value is -1.04. The number of anilines is 1. The lowest BCUT2D eigenvalue weighted by Gasteiger charge is -2.18. The van der Waals surface area contributed by atoms with E-state index in [0.29, 0.717) is 0 Å². The van der Waals surface area contributed by atoms with Crippen LogP contribution in [0.15, 0.2) is 30.6 Å². The van der Waals surface area contributed by atoms with Gasteiger partial charge >= 0.3 is 0 Å². The van der Waals surface area contributed by atoms with Crippen molar-refractivity contribution in [3.63, 3.8) is 0 Å². The average Bonchev–Trinajstić information content (AvgIpc) is 2.79. The van der Waals surface area contributed by atoms with E-state index in [1.54, 1.807) is 0 Å². The summed E-state index contributed by atoms with van der Waals surface area (Å²) in [5, 5.41) is 7.84. The first-order valence-electron chi connectivity index (χ1n) is 6.40. The summed E-state index contributed by atoms with van der Waals surface area (Å²) in [6.45, 7) is 9.38. The molecular formula is C15H20IN3. The Morgan fingerprint density at radius 3 is 2.63 bits per heavy atom. The fourth-order valence-electron chi connectivity index (χ4n) is 1.73. The van der Waals surface area contributed by atoms with Gasteiger partial charge in [-0.25, -0.2) is 0 Å². The minimum absolute atomic E-state index is 0.0392.